The fraction of sp³-hybridized carbons (Fsp3) is 0.909. The van der Waals surface area contributed by atoms with Crippen molar-refractivity contribution in [3.63, 3.8) is 0 Å². The van der Waals surface area contributed by atoms with E-state index in [1.54, 1.807) is 0 Å². The van der Waals surface area contributed by atoms with Crippen molar-refractivity contribution in [3.05, 3.63) is 0 Å². The van der Waals surface area contributed by atoms with Crippen LogP contribution in [0.1, 0.15) is 26.2 Å². The van der Waals surface area contributed by atoms with Gasteiger partial charge < -0.3 is 9.80 Å². The summed E-state index contributed by atoms with van der Waals surface area (Å²) in [6.45, 7) is 3.73. The first-order valence-corrected chi connectivity index (χ1v) is 5.95. The number of nitrogens with one attached hydrogen (secondary N) is 1. The average Bonchev–Trinajstić information content (AvgIpc) is 2.18. The minimum absolute atomic E-state index is 0.306. The quantitative estimate of drug-likeness (QED) is 0.313. The number of likely N-dealkylation sites (N-methyl/N-ethyl adjacent to an activating group) is 2. The van der Waals surface area contributed by atoms with Gasteiger partial charge in [-0.15, -0.1) is 0 Å². The van der Waals surface area contributed by atoms with E-state index >= 15 is 0 Å². The average molecular weight is 227 g/mol. The SMILES string of the molecule is CCN=C(NN)N(C)CC1(N(C)C)CCC1. The van der Waals surface area contributed by atoms with Crippen molar-refractivity contribution < 1.29 is 0 Å². The van der Waals surface area contributed by atoms with Crippen molar-refractivity contribution in [1.82, 2.24) is 15.2 Å². The summed E-state index contributed by atoms with van der Waals surface area (Å²) < 4.78 is 0. The maximum atomic E-state index is 5.48. The highest BCUT2D eigenvalue weighted by Crippen LogP contribution is 2.36. The molecule has 0 bridgehead atoms. The van der Waals surface area contributed by atoms with Crippen LogP contribution in [0.3, 0.4) is 0 Å². The van der Waals surface area contributed by atoms with Gasteiger partial charge in [-0.25, -0.2) is 5.84 Å². The molecule has 1 saturated carbocycles. The number of hydrazine groups is 1. The van der Waals surface area contributed by atoms with Crippen LogP contribution in [0.2, 0.25) is 0 Å². The van der Waals surface area contributed by atoms with Crippen LogP contribution in [0.5, 0.6) is 0 Å². The van der Waals surface area contributed by atoms with Crippen molar-refractivity contribution in [1.29, 1.82) is 0 Å². The van der Waals surface area contributed by atoms with E-state index < -0.39 is 0 Å². The van der Waals surface area contributed by atoms with E-state index in [1.165, 1.54) is 19.3 Å². The predicted octanol–water partition coefficient (Wildman–Crippen LogP) is 0.242. The van der Waals surface area contributed by atoms with Gasteiger partial charge in [0.25, 0.3) is 0 Å². The first-order chi connectivity index (χ1) is 7.55. The molecule has 16 heavy (non-hydrogen) atoms. The molecule has 0 amide bonds. The van der Waals surface area contributed by atoms with Crippen LogP contribution in [-0.4, -0.2) is 55.5 Å². The van der Waals surface area contributed by atoms with Crippen LogP contribution < -0.4 is 11.3 Å². The van der Waals surface area contributed by atoms with Gasteiger partial charge in [0.1, 0.15) is 0 Å². The smallest absolute Gasteiger partial charge is 0.208 e. The van der Waals surface area contributed by atoms with Crippen LogP contribution in [0, 0.1) is 0 Å². The Morgan fingerprint density at radius 2 is 2.00 bits per heavy atom. The number of aliphatic imine (C=N–C) groups is 1. The van der Waals surface area contributed by atoms with E-state index in [-0.39, 0.29) is 0 Å². The van der Waals surface area contributed by atoms with Gasteiger partial charge in [-0.3, -0.25) is 10.4 Å². The molecule has 0 heterocycles. The monoisotopic (exact) mass is 227 g/mol. The van der Waals surface area contributed by atoms with E-state index in [0.29, 0.717) is 5.54 Å². The Balaban J connectivity index is 2.61. The zero-order valence-electron chi connectivity index (χ0n) is 11.0. The van der Waals surface area contributed by atoms with Crippen molar-refractivity contribution in [2.75, 3.05) is 34.2 Å². The second kappa shape index (κ2) is 5.50. The van der Waals surface area contributed by atoms with Crippen LogP contribution in [0.15, 0.2) is 4.99 Å². The lowest BCUT2D eigenvalue weighted by Gasteiger charge is -2.49. The van der Waals surface area contributed by atoms with Gasteiger partial charge in [0.15, 0.2) is 0 Å². The summed E-state index contributed by atoms with van der Waals surface area (Å²) in [6, 6.07) is 0. The second-order valence-corrected chi connectivity index (χ2v) is 4.77. The Hall–Kier alpha value is -0.810. The highest BCUT2D eigenvalue weighted by atomic mass is 15.4. The molecule has 0 radical (unpaired) electrons. The maximum absolute atomic E-state index is 5.48. The molecule has 94 valence electrons. The summed E-state index contributed by atoms with van der Waals surface area (Å²) in [5, 5.41) is 0. The predicted molar refractivity (Wildman–Crippen MR) is 68.2 cm³/mol. The molecule has 1 rings (SSSR count). The first-order valence-electron chi connectivity index (χ1n) is 5.95. The van der Waals surface area contributed by atoms with E-state index in [1.807, 2.05) is 14.0 Å². The highest BCUT2D eigenvalue weighted by molar-refractivity contribution is 5.79. The molecule has 1 fully saturated rings. The fourth-order valence-electron chi connectivity index (χ4n) is 2.27. The van der Waals surface area contributed by atoms with Gasteiger partial charge in [-0.1, -0.05) is 0 Å². The van der Waals surface area contributed by atoms with E-state index in [9.17, 15) is 0 Å². The lowest BCUT2D eigenvalue weighted by Crippen LogP contribution is -2.59. The van der Waals surface area contributed by atoms with E-state index in [2.05, 4.69) is 34.3 Å². The standard InChI is InChI=1S/C11H25N5/c1-5-13-10(14-12)16(4)9-11(15(2)3)7-6-8-11/h5-9,12H2,1-4H3,(H,13,14). The fourth-order valence-corrected chi connectivity index (χ4v) is 2.27. The molecule has 0 unspecified atom stereocenters. The number of hydrogen-bond donors (Lipinski definition) is 2. The number of rotatable bonds is 4. The lowest BCUT2D eigenvalue weighted by atomic mass is 9.75. The molecule has 0 aliphatic heterocycles. The molecular formula is C11H25N5. The summed E-state index contributed by atoms with van der Waals surface area (Å²) in [4.78, 5) is 8.77. The molecule has 0 aromatic heterocycles. The van der Waals surface area contributed by atoms with Crippen molar-refractivity contribution in [2.45, 2.75) is 31.7 Å². The van der Waals surface area contributed by atoms with Gasteiger partial charge in [-0.2, -0.15) is 0 Å². The lowest BCUT2D eigenvalue weighted by molar-refractivity contribution is 0.0423. The number of hydrogen-bond acceptors (Lipinski definition) is 3. The molecular weight excluding hydrogens is 202 g/mol. The van der Waals surface area contributed by atoms with E-state index in [4.69, 9.17) is 5.84 Å². The molecule has 1 aliphatic carbocycles. The topological polar surface area (TPSA) is 56.9 Å². The van der Waals surface area contributed by atoms with Gasteiger partial charge in [0.05, 0.1) is 0 Å². The minimum atomic E-state index is 0.306. The van der Waals surface area contributed by atoms with Gasteiger partial charge in [0, 0.05) is 25.7 Å². The Morgan fingerprint density at radius 3 is 2.31 bits per heavy atom. The molecule has 0 spiro atoms. The van der Waals surface area contributed by atoms with Gasteiger partial charge >= 0.3 is 0 Å². The molecule has 0 saturated heterocycles. The minimum Gasteiger partial charge on any atom is -0.343 e. The second-order valence-electron chi connectivity index (χ2n) is 4.77. The Bertz CT molecular complexity index is 245. The zero-order valence-corrected chi connectivity index (χ0v) is 11.0. The Morgan fingerprint density at radius 1 is 1.38 bits per heavy atom. The number of nitrogens with two attached hydrogens (primary N) is 1. The molecule has 0 aromatic carbocycles. The molecule has 0 atom stereocenters. The summed E-state index contributed by atoms with van der Waals surface area (Å²) >= 11 is 0. The van der Waals surface area contributed by atoms with Gasteiger partial charge in [0.2, 0.25) is 5.96 Å². The molecule has 0 aromatic rings. The number of guanidine groups is 1. The Labute approximate surface area is 98.7 Å². The van der Waals surface area contributed by atoms with Crippen LogP contribution >= 0.6 is 0 Å². The summed E-state index contributed by atoms with van der Waals surface area (Å²) in [7, 11) is 6.34. The first kappa shape index (κ1) is 13.3. The van der Waals surface area contributed by atoms with E-state index in [0.717, 1.165) is 19.0 Å². The molecule has 3 N–H and O–H groups in total. The highest BCUT2D eigenvalue weighted by Gasteiger charge is 2.40. The molecule has 1 aliphatic rings. The molecule has 5 nitrogen and oxygen atoms in total. The zero-order chi connectivity index (χ0) is 12.2. The van der Waals surface area contributed by atoms with Crippen molar-refractivity contribution >= 4 is 5.96 Å². The van der Waals surface area contributed by atoms with Crippen molar-refractivity contribution in [3.8, 4) is 0 Å². The van der Waals surface area contributed by atoms with Gasteiger partial charge in [-0.05, 0) is 40.3 Å². The Kier molecular flexibility index (Phi) is 4.56. The van der Waals surface area contributed by atoms with Crippen molar-refractivity contribution in [2.24, 2.45) is 10.8 Å². The third-order valence-corrected chi connectivity index (χ3v) is 3.56. The molecule has 5 heteroatoms. The largest absolute Gasteiger partial charge is 0.343 e. The maximum Gasteiger partial charge on any atom is 0.208 e. The number of nitrogens with zero attached hydrogens (tertiary/aromatic N) is 3. The van der Waals surface area contributed by atoms with Crippen LogP contribution in [-0.2, 0) is 0 Å². The third-order valence-electron chi connectivity index (χ3n) is 3.56. The summed E-state index contributed by atoms with van der Waals surface area (Å²) in [5.74, 6) is 6.25. The van der Waals surface area contributed by atoms with Crippen LogP contribution in [0.25, 0.3) is 0 Å². The van der Waals surface area contributed by atoms with Crippen LogP contribution in [0.4, 0.5) is 0 Å². The summed E-state index contributed by atoms with van der Waals surface area (Å²) in [5.41, 5.74) is 2.98. The normalized spacial score (nSPS) is 19.5. The third kappa shape index (κ3) is 2.65. The summed E-state index contributed by atoms with van der Waals surface area (Å²) in [6.07, 6.45) is 3.84.